The Bertz CT molecular complexity index is 399. The van der Waals surface area contributed by atoms with Crippen LogP contribution in [0.15, 0.2) is 0 Å². The van der Waals surface area contributed by atoms with Gasteiger partial charge in [-0.3, -0.25) is 0 Å². The summed E-state index contributed by atoms with van der Waals surface area (Å²) in [6.45, 7) is 31.2. The van der Waals surface area contributed by atoms with Crippen LogP contribution >= 0.6 is 0 Å². The number of rotatable bonds is 12. The highest BCUT2D eigenvalue weighted by Crippen LogP contribution is 2.41. The lowest BCUT2D eigenvalue weighted by molar-refractivity contribution is -0.141. The Balaban J connectivity index is 5.29. The highest BCUT2D eigenvalue weighted by Gasteiger charge is 2.44. The van der Waals surface area contributed by atoms with Gasteiger partial charge in [0.05, 0.1) is 39.6 Å². The van der Waals surface area contributed by atoms with Crippen molar-refractivity contribution < 1.29 is 14.2 Å². The minimum Gasteiger partial charge on any atom is -0.380 e. The Hall–Kier alpha value is -0.120. The van der Waals surface area contributed by atoms with Crippen molar-refractivity contribution in [1.82, 2.24) is 0 Å². The molecule has 0 fully saturated rings. The van der Waals surface area contributed by atoms with E-state index in [0.29, 0.717) is 19.8 Å². The van der Waals surface area contributed by atoms with E-state index in [1.807, 2.05) is 0 Å². The maximum atomic E-state index is 6.35. The van der Waals surface area contributed by atoms with Crippen LogP contribution in [0.1, 0.15) is 95.9 Å². The van der Waals surface area contributed by atoms with Gasteiger partial charge in [0, 0.05) is 5.41 Å². The van der Waals surface area contributed by atoms with Crippen molar-refractivity contribution in [2.75, 3.05) is 39.6 Å². The zero-order valence-electron chi connectivity index (χ0n) is 21.4. The van der Waals surface area contributed by atoms with E-state index in [2.05, 4.69) is 83.1 Å². The van der Waals surface area contributed by atoms with Crippen LogP contribution in [0.2, 0.25) is 0 Å². The van der Waals surface area contributed by atoms with E-state index in [-0.39, 0.29) is 27.1 Å². The topological polar surface area (TPSA) is 27.7 Å². The molecule has 0 aliphatic rings. The van der Waals surface area contributed by atoms with Gasteiger partial charge < -0.3 is 14.2 Å². The van der Waals surface area contributed by atoms with Crippen molar-refractivity contribution in [3.63, 3.8) is 0 Å². The Labute approximate surface area is 177 Å². The molecule has 0 aromatic heterocycles. The first-order chi connectivity index (χ1) is 12.4. The Morgan fingerprint density at radius 1 is 0.500 bits per heavy atom. The molecule has 3 heteroatoms. The molecule has 0 saturated carbocycles. The minimum atomic E-state index is -0.175. The molecule has 0 aliphatic heterocycles. The first kappa shape index (κ1) is 27.9. The second kappa shape index (κ2) is 10.8. The van der Waals surface area contributed by atoms with Gasteiger partial charge in [-0.05, 0) is 28.1 Å². The SMILES string of the molecule is CCCC(C)(C)COCC(COCC(C)(C)C)(COCC(C)(C)C)C(C)(C)C. The Morgan fingerprint density at radius 3 is 1.14 bits per heavy atom. The van der Waals surface area contributed by atoms with Crippen LogP contribution in [0.3, 0.4) is 0 Å². The van der Waals surface area contributed by atoms with Gasteiger partial charge in [0.1, 0.15) is 0 Å². The maximum absolute atomic E-state index is 6.35. The van der Waals surface area contributed by atoms with Crippen molar-refractivity contribution in [2.45, 2.75) is 95.9 Å². The monoisotopic (exact) mass is 400 g/mol. The van der Waals surface area contributed by atoms with E-state index in [1.54, 1.807) is 0 Å². The van der Waals surface area contributed by atoms with Gasteiger partial charge in [-0.15, -0.1) is 0 Å². The van der Waals surface area contributed by atoms with Crippen molar-refractivity contribution in [1.29, 1.82) is 0 Å². The number of hydrogen-bond donors (Lipinski definition) is 0. The zero-order valence-corrected chi connectivity index (χ0v) is 21.4. The van der Waals surface area contributed by atoms with Gasteiger partial charge >= 0.3 is 0 Å². The largest absolute Gasteiger partial charge is 0.380 e. The molecule has 0 spiro atoms. The maximum Gasteiger partial charge on any atom is 0.0572 e. The lowest BCUT2D eigenvalue weighted by Crippen LogP contribution is -2.49. The number of hydrogen-bond acceptors (Lipinski definition) is 3. The molecule has 0 atom stereocenters. The summed E-state index contributed by atoms with van der Waals surface area (Å²) in [6.07, 6.45) is 2.36. The van der Waals surface area contributed by atoms with Crippen LogP contribution in [-0.4, -0.2) is 39.6 Å². The summed E-state index contributed by atoms with van der Waals surface area (Å²) in [4.78, 5) is 0. The second-order valence-corrected chi connectivity index (χ2v) is 13.0. The van der Waals surface area contributed by atoms with Gasteiger partial charge in [0.25, 0.3) is 0 Å². The molecule has 3 nitrogen and oxygen atoms in total. The highest BCUT2D eigenvalue weighted by molar-refractivity contribution is 4.91. The second-order valence-electron chi connectivity index (χ2n) is 13.0. The third-order valence-electron chi connectivity index (χ3n) is 5.22. The van der Waals surface area contributed by atoms with Crippen LogP contribution in [0.25, 0.3) is 0 Å². The third-order valence-corrected chi connectivity index (χ3v) is 5.22. The summed E-state index contributed by atoms with van der Waals surface area (Å²) in [5.41, 5.74) is 0.347. The van der Waals surface area contributed by atoms with E-state index in [1.165, 1.54) is 12.8 Å². The first-order valence-corrected chi connectivity index (χ1v) is 11.2. The number of ether oxygens (including phenoxy) is 3. The van der Waals surface area contributed by atoms with E-state index in [4.69, 9.17) is 14.2 Å². The van der Waals surface area contributed by atoms with Crippen LogP contribution in [0.5, 0.6) is 0 Å². The summed E-state index contributed by atoms with van der Waals surface area (Å²) in [7, 11) is 0. The smallest absolute Gasteiger partial charge is 0.0572 e. The summed E-state index contributed by atoms with van der Waals surface area (Å²) in [6, 6.07) is 0. The van der Waals surface area contributed by atoms with Crippen LogP contribution in [-0.2, 0) is 14.2 Å². The fraction of sp³-hybridized carbons (Fsp3) is 1.00. The Kier molecular flexibility index (Phi) is 10.7. The van der Waals surface area contributed by atoms with Gasteiger partial charge in [-0.1, -0.05) is 89.5 Å². The van der Waals surface area contributed by atoms with Crippen LogP contribution < -0.4 is 0 Å². The van der Waals surface area contributed by atoms with Gasteiger partial charge in [-0.25, -0.2) is 0 Å². The van der Waals surface area contributed by atoms with Crippen molar-refractivity contribution in [3.05, 3.63) is 0 Å². The van der Waals surface area contributed by atoms with E-state index in [9.17, 15) is 0 Å². The molecule has 0 N–H and O–H groups in total. The van der Waals surface area contributed by atoms with Crippen LogP contribution in [0, 0.1) is 27.1 Å². The summed E-state index contributed by atoms with van der Waals surface area (Å²) < 4.78 is 18.8. The van der Waals surface area contributed by atoms with E-state index < -0.39 is 0 Å². The summed E-state index contributed by atoms with van der Waals surface area (Å²) in [5, 5.41) is 0. The molecular formula is C25H52O3. The molecular weight excluding hydrogens is 348 g/mol. The molecule has 0 amide bonds. The molecule has 0 heterocycles. The molecule has 0 rings (SSSR count). The van der Waals surface area contributed by atoms with Gasteiger partial charge in [0.2, 0.25) is 0 Å². The zero-order chi connectivity index (χ0) is 22.3. The molecule has 0 unspecified atom stereocenters. The average Bonchev–Trinajstić information content (AvgIpc) is 2.42. The summed E-state index contributed by atoms with van der Waals surface area (Å²) >= 11 is 0. The molecule has 28 heavy (non-hydrogen) atoms. The predicted octanol–water partition coefficient (Wildman–Crippen LogP) is 6.99. The predicted molar refractivity (Wildman–Crippen MR) is 122 cm³/mol. The highest BCUT2D eigenvalue weighted by atomic mass is 16.5. The lowest BCUT2D eigenvalue weighted by atomic mass is 9.67. The summed E-state index contributed by atoms with van der Waals surface area (Å²) in [5.74, 6) is 0. The normalized spacial score (nSPS) is 14.6. The molecule has 0 aliphatic carbocycles. The Morgan fingerprint density at radius 2 is 0.857 bits per heavy atom. The fourth-order valence-electron chi connectivity index (χ4n) is 3.15. The first-order valence-electron chi connectivity index (χ1n) is 11.2. The molecule has 0 saturated heterocycles. The fourth-order valence-corrected chi connectivity index (χ4v) is 3.15. The standard InChI is InChI=1S/C25H52O3/c1-13-14-24(11,12)17-28-20-25(23(8,9)10,18-26-15-21(2,3)4)19-27-16-22(5,6)7/h13-20H2,1-12H3. The lowest BCUT2D eigenvalue weighted by Gasteiger charge is -2.45. The quantitative estimate of drug-likeness (QED) is 0.353. The van der Waals surface area contributed by atoms with E-state index in [0.717, 1.165) is 19.8 Å². The van der Waals surface area contributed by atoms with Gasteiger partial charge in [-0.2, -0.15) is 0 Å². The molecule has 0 bridgehead atoms. The van der Waals surface area contributed by atoms with E-state index >= 15 is 0 Å². The minimum absolute atomic E-state index is 0.0116. The van der Waals surface area contributed by atoms with Crippen molar-refractivity contribution in [2.24, 2.45) is 27.1 Å². The molecule has 0 radical (unpaired) electrons. The van der Waals surface area contributed by atoms with Crippen molar-refractivity contribution >= 4 is 0 Å². The molecule has 0 aromatic rings. The van der Waals surface area contributed by atoms with Gasteiger partial charge in [0.15, 0.2) is 0 Å². The molecule has 170 valence electrons. The average molecular weight is 401 g/mol. The molecule has 0 aromatic carbocycles. The van der Waals surface area contributed by atoms with Crippen molar-refractivity contribution in [3.8, 4) is 0 Å². The van der Waals surface area contributed by atoms with Crippen LogP contribution in [0.4, 0.5) is 0 Å². The third kappa shape index (κ3) is 11.8.